The van der Waals surface area contributed by atoms with Gasteiger partial charge in [-0.05, 0) is 31.4 Å². The van der Waals surface area contributed by atoms with Gasteiger partial charge in [-0.1, -0.05) is 36.3 Å². The second kappa shape index (κ2) is 13.7. The first-order valence-corrected chi connectivity index (χ1v) is 10.8. The van der Waals surface area contributed by atoms with Gasteiger partial charge in [-0.3, -0.25) is 19.2 Å². The second-order valence-electron chi connectivity index (χ2n) is 6.89. The Labute approximate surface area is 182 Å². The maximum absolute atomic E-state index is 11.9. The van der Waals surface area contributed by atoms with Gasteiger partial charge in [0.15, 0.2) is 0 Å². The maximum atomic E-state index is 11.9. The van der Waals surface area contributed by atoms with E-state index in [1.807, 2.05) is 30.3 Å². The summed E-state index contributed by atoms with van der Waals surface area (Å²) in [7, 11) is 1.38. The number of methoxy groups -OCH3 is 1. The third-order valence-electron chi connectivity index (χ3n) is 4.66. The minimum Gasteiger partial charge on any atom is -0.469 e. The lowest BCUT2D eigenvalue weighted by molar-refractivity contribution is -0.140. The summed E-state index contributed by atoms with van der Waals surface area (Å²) < 4.78 is 12.3. The number of ether oxygens (including phenoxy) is 2. The van der Waals surface area contributed by atoms with Crippen molar-refractivity contribution in [1.82, 2.24) is 9.62 Å². The molecule has 1 aliphatic heterocycles. The van der Waals surface area contributed by atoms with Crippen molar-refractivity contribution in [3.63, 3.8) is 0 Å². The molecule has 0 unspecified atom stereocenters. The number of amides is 1. The fraction of sp³-hybridized carbons (Fsp3) is 0.500. The van der Waals surface area contributed by atoms with E-state index in [1.54, 1.807) is 0 Å². The van der Waals surface area contributed by atoms with Gasteiger partial charge in [0.05, 0.1) is 13.7 Å². The van der Waals surface area contributed by atoms with Gasteiger partial charge in [-0.25, -0.2) is 4.79 Å². The van der Waals surface area contributed by atoms with Gasteiger partial charge >= 0.3 is 12.1 Å². The summed E-state index contributed by atoms with van der Waals surface area (Å²) in [6.45, 7) is 1.79. The first kappa shape index (κ1) is 23.8. The third kappa shape index (κ3) is 9.33. The summed E-state index contributed by atoms with van der Waals surface area (Å²) in [5.41, 5.74) is 0.901. The zero-order chi connectivity index (χ0) is 21.6. The fourth-order valence-electron chi connectivity index (χ4n) is 3.06. The van der Waals surface area contributed by atoms with Gasteiger partial charge in [0.1, 0.15) is 6.61 Å². The number of carbonyl (C=O) groups excluding carboxylic acids is 3. The summed E-state index contributed by atoms with van der Waals surface area (Å²) >= 11 is 0.755. The molecule has 0 aromatic heterocycles. The van der Waals surface area contributed by atoms with E-state index in [0.29, 0.717) is 25.8 Å². The van der Waals surface area contributed by atoms with Crippen LogP contribution in [0.4, 0.5) is 4.79 Å². The quantitative estimate of drug-likeness (QED) is 0.293. The maximum Gasteiger partial charge on any atom is 0.417 e. The number of carbonyl (C=O) groups is 3. The Morgan fingerprint density at radius 3 is 2.80 bits per heavy atom. The van der Waals surface area contributed by atoms with Crippen LogP contribution < -0.4 is 4.72 Å². The van der Waals surface area contributed by atoms with Crippen molar-refractivity contribution in [2.24, 2.45) is 0 Å². The molecule has 0 radical (unpaired) electrons. The largest absolute Gasteiger partial charge is 0.469 e. The molecule has 1 aromatic rings. The van der Waals surface area contributed by atoms with Crippen molar-refractivity contribution in [3.05, 3.63) is 35.9 Å². The SMILES string of the molecule is COC(=O)CCCC#CCN1CCC[C@@H]1COC(=O)NSC(=O)Cc1ccccc1. The van der Waals surface area contributed by atoms with E-state index in [0.717, 1.165) is 36.9 Å². The number of nitrogens with one attached hydrogen (secondary N) is 1. The van der Waals surface area contributed by atoms with E-state index in [1.165, 1.54) is 7.11 Å². The predicted molar refractivity (Wildman–Crippen MR) is 115 cm³/mol. The Morgan fingerprint density at radius 1 is 1.23 bits per heavy atom. The molecule has 1 heterocycles. The van der Waals surface area contributed by atoms with Crippen molar-refractivity contribution >= 4 is 29.1 Å². The molecule has 0 bridgehead atoms. The Balaban J connectivity index is 1.61. The van der Waals surface area contributed by atoms with Gasteiger partial charge in [0.2, 0.25) is 5.12 Å². The monoisotopic (exact) mass is 432 g/mol. The van der Waals surface area contributed by atoms with Crippen LogP contribution in [0.1, 0.15) is 37.7 Å². The van der Waals surface area contributed by atoms with E-state index in [2.05, 4.69) is 26.2 Å². The second-order valence-corrected chi connectivity index (χ2v) is 7.75. The molecule has 8 heteroatoms. The number of hydrogen-bond acceptors (Lipinski definition) is 7. The van der Waals surface area contributed by atoms with Crippen LogP contribution in [0.25, 0.3) is 0 Å². The molecule has 7 nitrogen and oxygen atoms in total. The van der Waals surface area contributed by atoms with Gasteiger partial charge in [0, 0.05) is 37.3 Å². The van der Waals surface area contributed by atoms with E-state index >= 15 is 0 Å². The summed E-state index contributed by atoms with van der Waals surface area (Å²) in [4.78, 5) is 37.0. The summed E-state index contributed by atoms with van der Waals surface area (Å²) in [6, 6.07) is 9.50. The van der Waals surface area contributed by atoms with Gasteiger partial charge < -0.3 is 9.47 Å². The highest BCUT2D eigenvalue weighted by Crippen LogP contribution is 2.17. The van der Waals surface area contributed by atoms with Crippen molar-refractivity contribution in [2.45, 2.75) is 44.6 Å². The van der Waals surface area contributed by atoms with Crippen LogP contribution >= 0.6 is 11.9 Å². The zero-order valence-electron chi connectivity index (χ0n) is 17.2. The molecular formula is C22H28N2O5S. The molecule has 0 aliphatic carbocycles. The van der Waals surface area contributed by atoms with Crippen LogP contribution in [0.3, 0.4) is 0 Å². The lowest BCUT2D eigenvalue weighted by Gasteiger charge is -2.21. The average molecular weight is 433 g/mol. The molecule has 1 saturated heterocycles. The van der Waals surface area contributed by atoms with Gasteiger partial charge in [0.25, 0.3) is 0 Å². The minimum atomic E-state index is -0.609. The number of nitrogens with zero attached hydrogens (tertiary/aromatic N) is 1. The van der Waals surface area contributed by atoms with Crippen LogP contribution in [0, 0.1) is 11.8 Å². The molecule has 0 spiro atoms. The highest BCUT2D eigenvalue weighted by Gasteiger charge is 2.25. The summed E-state index contributed by atoms with van der Waals surface area (Å²) in [6.07, 6.45) is 3.34. The van der Waals surface area contributed by atoms with E-state index < -0.39 is 6.09 Å². The average Bonchev–Trinajstić information content (AvgIpc) is 3.21. The standard InChI is InChI=1S/C22H28N2O5S/c1-28-20(25)13-7-2-3-8-14-24-15-9-12-19(24)17-29-22(27)23-30-21(26)16-18-10-5-4-6-11-18/h4-6,10-11,19H,2,7,9,12-17H2,1H3,(H,23,27)/t19-/m1/s1. The molecule has 162 valence electrons. The van der Waals surface area contributed by atoms with Gasteiger partial charge in [-0.15, -0.1) is 5.92 Å². The molecule has 1 amide bonds. The number of unbranched alkanes of at least 4 members (excludes halogenated alkanes) is 1. The minimum absolute atomic E-state index is 0.130. The molecular weight excluding hydrogens is 404 g/mol. The lowest BCUT2D eigenvalue weighted by Crippen LogP contribution is -2.35. The summed E-state index contributed by atoms with van der Waals surface area (Å²) in [5, 5.41) is -0.150. The topological polar surface area (TPSA) is 84.9 Å². The summed E-state index contributed by atoms with van der Waals surface area (Å²) in [5.74, 6) is 5.97. The number of esters is 1. The Bertz CT molecular complexity index is 760. The number of hydrogen-bond donors (Lipinski definition) is 1. The normalized spacial score (nSPS) is 15.7. The molecule has 1 atom stereocenters. The van der Waals surface area contributed by atoms with Crippen molar-refractivity contribution in [3.8, 4) is 11.8 Å². The van der Waals surface area contributed by atoms with Crippen molar-refractivity contribution in [2.75, 3.05) is 26.8 Å². The first-order valence-electron chi connectivity index (χ1n) is 10.0. The van der Waals surface area contributed by atoms with Crippen LogP contribution in [0.5, 0.6) is 0 Å². The van der Waals surface area contributed by atoms with Crippen molar-refractivity contribution in [1.29, 1.82) is 0 Å². The van der Waals surface area contributed by atoms with E-state index in [9.17, 15) is 14.4 Å². The lowest BCUT2D eigenvalue weighted by atomic mass is 10.2. The van der Waals surface area contributed by atoms with Gasteiger partial charge in [-0.2, -0.15) is 0 Å². The highest BCUT2D eigenvalue weighted by molar-refractivity contribution is 8.12. The molecule has 1 fully saturated rings. The number of rotatable bonds is 8. The zero-order valence-corrected chi connectivity index (χ0v) is 18.0. The third-order valence-corrected chi connectivity index (χ3v) is 5.30. The van der Waals surface area contributed by atoms with Crippen LogP contribution in [-0.2, 0) is 25.5 Å². The van der Waals surface area contributed by atoms with Crippen LogP contribution in [0.15, 0.2) is 30.3 Å². The Hall–Kier alpha value is -2.50. The van der Waals surface area contributed by atoms with Crippen molar-refractivity contribution < 1.29 is 23.9 Å². The van der Waals surface area contributed by atoms with E-state index in [-0.39, 0.29) is 30.2 Å². The fourth-order valence-corrected chi connectivity index (χ4v) is 3.55. The number of likely N-dealkylation sites (tertiary alicyclic amines) is 1. The molecule has 1 N–H and O–H groups in total. The first-order chi connectivity index (χ1) is 14.6. The predicted octanol–water partition coefficient (Wildman–Crippen LogP) is 2.94. The van der Waals surface area contributed by atoms with Crippen LogP contribution in [0.2, 0.25) is 0 Å². The molecule has 1 aliphatic rings. The molecule has 2 rings (SSSR count). The van der Waals surface area contributed by atoms with Crippen LogP contribution in [-0.4, -0.2) is 54.9 Å². The highest BCUT2D eigenvalue weighted by atomic mass is 32.2. The molecule has 0 saturated carbocycles. The molecule has 1 aromatic carbocycles. The smallest absolute Gasteiger partial charge is 0.417 e. The Kier molecular flexibility index (Phi) is 10.8. The Morgan fingerprint density at radius 2 is 2.03 bits per heavy atom. The number of benzene rings is 1. The van der Waals surface area contributed by atoms with E-state index in [4.69, 9.17) is 4.74 Å². The molecule has 30 heavy (non-hydrogen) atoms.